The van der Waals surface area contributed by atoms with Crippen LogP contribution in [0.5, 0.6) is 5.75 Å². The van der Waals surface area contributed by atoms with Gasteiger partial charge in [0.15, 0.2) is 0 Å². The maximum Gasteiger partial charge on any atom is 0.126 e. The van der Waals surface area contributed by atoms with E-state index in [1.807, 2.05) is 26.8 Å². The van der Waals surface area contributed by atoms with Gasteiger partial charge >= 0.3 is 0 Å². The molecule has 0 amide bonds. The summed E-state index contributed by atoms with van der Waals surface area (Å²) in [7, 11) is 1.65. The molecule has 0 N–H and O–H groups in total. The van der Waals surface area contributed by atoms with Crippen molar-refractivity contribution in [3.63, 3.8) is 0 Å². The van der Waals surface area contributed by atoms with Crippen LogP contribution < -0.4 is 4.74 Å². The zero-order chi connectivity index (χ0) is 10.9. The molecule has 0 aliphatic rings. The van der Waals surface area contributed by atoms with Crippen molar-refractivity contribution in [3.8, 4) is 5.75 Å². The number of rotatable bonds is 2. The molecule has 1 nitrogen and oxygen atoms in total. The predicted molar refractivity (Wildman–Crippen MR) is 61.7 cm³/mol. The second-order valence-corrected chi connectivity index (χ2v) is 4.41. The SMILES string of the molecule is COc1c(C(C)Cl)cc(Cl)c(C)c1C. The van der Waals surface area contributed by atoms with E-state index >= 15 is 0 Å². The Morgan fingerprint density at radius 2 is 1.86 bits per heavy atom. The standard InChI is InChI=1S/C11H14Cl2O/c1-6-7(2)11(14-4)9(8(3)12)5-10(6)13/h5,8H,1-4H3. The number of alkyl halides is 1. The van der Waals surface area contributed by atoms with Gasteiger partial charge in [-0.1, -0.05) is 11.6 Å². The van der Waals surface area contributed by atoms with E-state index in [0.717, 1.165) is 27.5 Å². The van der Waals surface area contributed by atoms with Gasteiger partial charge in [-0.15, -0.1) is 11.6 Å². The lowest BCUT2D eigenvalue weighted by molar-refractivity contribution is 0.406. The van der Waals surface area contributed by atoms with Gasteiger partial charge in [0.05, 0.1) is 12.5 Å². The second kappa shape index (κ2) is 4.41. The molecule has 1 atom stereocenters. The molecule has 3 heteroatoms. The number of halogens is 2. The number of hydrogen-bond acceptors (Lipinski definition) is 1. The fraction of sp³-hybridized carbons (Fsp3) is 0.455. The van der Waals surface area contributed by atoms with Crippen LogP contribution in [0.4, 0.5) is 0 Å². The normalized spacial score (nSPS) is 12.7. The molecule has 78 valence electrons. The highest BCUT2D eigenvalue weighted by atomic mass is 35.5. The van der Waals surface area contributed by atoms with Crippen LogP contribution in [0.1, 0.15) is 29.0 Å². The maximum absolute atomic E-state index is 6.08. The van der Waals surface area contributed by atoms with E-state index in [4.69, 9.17) is 27.9 Å². The first-order valence-corrected chi connectivity index (χ1v) is 5.28. The molecule has 1 aromatic rings. The van der Waals surface area contributed by atoms with Gasteiger partial charge in [0.2, 0.25) is 0 Å². The van der Waals surface area contributed by atoms with E-state index in [2.05, 4.69) is 0 Å². The highest BCUT2D eigenvalue weighted by Gasteiger charge is 2.15. The van der Waals surface area contributed by atoms with E-state index in [-0.39, 0.29) is 5.38 Å². The van der Waals surface area contributed by atoms with Gasteiger partial charge in [-0.25, -0.2) is 0 Å². The zero-order valence-electron chi connectivity index (χ0n) is 8.82. The summed E-state index contributed by atoms with van der Waals surface area (Å²) in [6, 6.07) is 1.88. The van der Waals surface area contributed by atoms with Gasteiger partial charge in [0.25, 0.3) is 0 Å². The average Bonchev–Trinajstić information content (AvgIpc) is 2.13. The molecule has 0 aliphatic heterocycles. The quantitative estimate of drug-likeness (QED) is 0.693. The van der Waals surface area contributed by atoms with Crippen molar-refractivity contribution in [1.82, 2.24) is 0 Å². The Morgan fingerprint density at radius 1 is 1.29 bits per heavy atom. The molecule has 0 fully saturated rings. The Kier molecular flexibility index (Phi) is 3.68. The van der Waals surface area contributed by atoms with Crippen molar-refractivity contribution in [3.05, 3.63) is 27.8 Å². The van der Waals surface area contributed by atoms with Crippen LogP contribution in [-0.4, -0.2) is 7.11 Å². The van der Waals surface area contributed by atoms with Gasteiger partial charge < -0.3 is 4.74 Å². The number of methoxy groups -OCH3 is 1. The predicted octanol–water partition coefficient (Wildman–Crippen LogP) is 4.27. The van der Waals surface area contributed by atoms with Gasteiger partial charge in [0, 0.05) is 10.6 Å². The van der Waals surface area contributed by atoms with Gasteiger partial charge in [-0.3, -0.25) is 0 Å². The zero-order valence-corrected chi connectivity index (χ0v) is 10.3. The summed E-state index contributed by atoms with van der Waals surface area (Å²) < 4.78 is 5.33. The Morgan fingerprint density at radius 3 is 2.29 bits per heavy atom. The third kappa shape index (κ3) is 1.99. The summed E-state index contributed by atoms with van der Waals surface area (Å²) in [5, 5.41) is 0.646. The van der Waals surface area contributed by atoms with E-state index in [0.29, 0.717) is 0 Å². The number of hydrogen-bond donors (Lipinski definition) is 0. The van der Waals surface area contributed by atoms with Crippen molar-refractivity contribution in [2.24, 2.45) is 0 Å². The molecule has 0 saturated carbocycles. The molecule has 0 bridgehead atoms. The topological polar surface area (TPSA) is 9.23 Å². The molecule has 1 aromatic carbocycles. The van der Waals surface area contributed by atoms with Crippen LogP contribution in [0.3, 0.4) is 0 Å². The van der Waals surface area contributed by atoms with Gasteiger partial charge in [-0.05, 0) is 38.0 Å². The Labute approximate surface area is 95.0 Å². The molecule has 0 aliphatic carbocycles. The first-order valence-electron chi connectivity index (χ1n) is 4.46. The lowest BCUT2D eigenvalue weighted by atomic mass is 10.0. The molecular formula is C11H14Cl2O. The minimum atomic E-state index is -0.0956. The monoisotopic (exact) mass is 232 g/mol. The van der Waals surface area contributed by atoms with E-state index in [1.54, 1.807) is 7.11 Å². The Balaban J connectivity index is 3.43. The van der Waals surface area contributed by atoms with E-state index in [9.17, 15) is 0 Å². The highest BCUT2D eigenvalue weighted by Crippen LogP contribution is 2.37. The first-order chi connectivity index (χ1) is 6.49. The van der Waals surface area contributed by atoms with Gasteiger partial charge in [0.1, 0.15) is 5.75 Å². The third-order valence-electron chi connectivity index (χ3n) is 2.44. The molecule has 0 heterocycles. The lowest BCUT2D eigenvalue weighted by Crippen LogP contribution is -1.98. The molecule has 0 aromatic heterocycles. The largest absolute Gasteiger partial charge is 0.496 e. The summed E-state index contributed by atoms with van der Waals surface area (Å²) in [6.45, 7) is 5.87. The third-order valence-corrected chi connectivity index (χ3v) is 3.07. The fourth-order valence-electron chi connectivity index (χ4n) is 1.44. The highest BCUT2D eigenvalue weighted by molar-refractivity contribution is 6.31. The number of ether oxygens (including phenoxy) is 1. The van der Waals surface area contributed by atoms with Crippen LogP contribution in [0.25, 0.3) is 0 Å². The molecule has 14 heavy (non-hydrogen) atoms. The Bertz CT molecular complexity index is 346. The molecule has 0 radical (unpaired) electrons. The molecule has 1 unspecified atom stereocenters. The maximum atomic E-state index is 6.08. The minimum absolute atomic E-state index is 0.0956. The van der Waals surface area contributed by atoms with E-state index in [1.165, 1.54) is 0 Å². The van der Waals surface area contributed by atoms with Crippen molar-refractivity contribution in [1.29, 1.82) is 0 Å². The van der Waals surface area contributed by atoms with Crippen molar-refractivity contribution in [2.75, 3.05) is 7.11 Å². The van der Waals surface area contributed by atoms with Crippen LogP contribution in [0.2, 0.25) is 5.02 Å². The summed E-state index contributed by atoms with van der Waals surface area (Å²) in [4.78, 5) is 0. The van der Waals surface area contributed by atoms with Crippen molar-refractivity contribution < 1.29 is 4.74 Å². The average molecular weight is 233 g/mol. The molecular weight excluding hydrogens is 219 g/mol. The van der Waals surface area contributed by atoms with Crippen LogP contribution in [0.15, 0.2) is 6.07 Å². The van der Waals surface area contributed by atoms with Crippen LogP contribution >= 0.6 is 23.2 Å². The summed E-state index contributed by atoms with van der Waals surface area (Å²) in [5.41, 5.74) is 3.05. The molecule has 0 saturated heterocycles. The molecule has 1 rings (SSSR count). The number of benzene rings is 1. The van der Waals surface area contributed by atoms with Crippen molar-refractivity contribution >= 4 is 23.2 Å². The summed E-state index contributed by atoms with van der Waals surface area (Å²) in [6.07, 6.45) is 0. The second-order valence-electron chi connectivity index (χ2n) is 3.35. The first kappa shape index (κ1) is 11.7. The fourth-order valence-corrected chi connectivity index (χ4v) is 1.86. The van der Waals surface area contributed by atoms with Crippen LogP contribution in [-0.2, 0) is 0 Å². The lowest BCUT2D eigenvalue weighted by Gasteiger charge is -2.16. The Hall–Kier alpha value is -0.400. The van der Waals surface area contributed by atoms with E-state index < -0.39 is 0 Å². The van der Waals surface area contributed by atoms with Crippen LogP contribution in [0, 0.1) is 13.8 Å². The summed E-state index contributed by atoms with van der Waals surface area (Å²) >= 11 is 12.1. The molecule has 0 spiro atoms. The summed E-state index contributed by atoms with van der Waals surface area (Å²) in [5.74, 6) is 0.842. The van der Waals surface area contributed by atoms with Gasteiger partial charge in [-0.2, -0.15) is 0 Å². The smallest absolute Gasteiger partial charge is 0.126 e. The minimum Gasteiger partial charge on any atom is -0.496 e. The van der Waals surface area contributed by atoms with Crippen molar-refractivity contribution in [2.45, 2.75) is 26.1 Å².